The minimum Gasteiger partial charge on any atom is -0.347 e. The van der Waals surface area contributed by atoms with Crippen molar-refractivity contribution < 1.29 is 18.8 Å². The number of carbonyl (C=O) groups is 3. The maximum Gasteiger partial charge on any atom is 0.243 e. The van der Waals surface area contributed by atoms with Gasteiger partial charge >= 0.3 is 0 Å². The van der Waals surface area contributed by atoms with Crippen LogP contribution in [-0.2, 0) is 14.4 Å². The Morgan fingerprint density at radius 2 is 1.64 bits per heavy atom. The Morgan fingerprint density at radius 1 is 1.04 bits per heavy atom. The number of hydrogen-bond acceptors (Lipinski definition) is 3. The van der Waals surface area contributed by atoms with Crippen LogP contribution < -0.4 is 16.0 Å². The zero-order valence-electron chi connectivity index (χ0n) is 16.0. The molecule has 0 heterocycles. The molecule has 1 aromatic carbocycles. The Balaban J connectivity index is 1.34. The van der Waals surface area contributed by atoms with E-state index in [9.17, 15) is 18.8 Å². The molecule has 6 nitrogen and oxygen atoms in total. The van der Waals surface area contributed by atoms with E-state index >= 15 is 0 Å². The molecule has 4 aliphatic carbocycles. The van der Waals surface area contributed by atoms with E-state index in [2.05, 4.69) is 16.0 Å². The van der Waals surface area contributed by atoms with E-state index in [1.165, 1.54) is 44.4 Å². The molecule has 0 saturated heterocycles. The SMILES string of the molecule is CC(=O)Nc1cc(NC(=O)CNC(=O)C23CC4CC(CC(C4)C2)C3)ccc1F. The third-order valence-electron chi connectivity index (χ3n) is 6.49. The Kier molecular flexibility index (Phi) is 4.85. The summed E-state index contributed by atoms with van der Waals surface area (Å²) in [7, 11) is 0. The van der Waals surface area contributed by atoms with Crippen LogP contribution in [0.1, 0.15) is 45.4 Å². The quantitative estimate of drug-likeness (QED) is 0.726. The van der Waals surface area contributed by atoms with E-state index in [0.717, 1.165) is 19.3 Å². The maximum atomic E-state index is 13.7. The summed E-state index contributed by atoms with van der Waals surface area (Å²) in [6.07, 6.45) is 6.62. The van der Waals surface area contributed by atoms with Gasteiger partial charge in [-0.25, -0.2) is 4.39 Å². The number of hydrogen-bond donors (Lipinski definition) is 3. The third kappa shape index (κ3) is 3.75. The minimum absolute atomic E-state index is 0.000193. The molecular weight excluding hydrogens is 361 g/mol. The van der Waals surface area contributed by atoms with E-state index in [1.54, 1.807) is 0 Å². The highest BCUT2D eigenvalue weighted by molar-refractivity contribution is 5.96. The first-order valence-corrected chi connectivity index (χ1v) is 9.98. The predicted octanol–water partition coefficient (Wildman–Crippen LogP) is 3.06. The fourth-order valence-electron chi connectivity index (χ4n) is 5.83. The van der Waals surface area contributed by atoms with Crippen LogP contribution in [0.15, 0.2) is 18.2 Å². The maximum absolute atomic E-state index is 13.7. The van der Waals surface area contributed by atoms with Gasteiger partial charge in [-0.3, -0.25) is 14.4 Å². The predicted molar refractivity (Wildman–Crippen MR) is 103 cm³/mol. The number of nitrogens with one attached hydrogen (secondary N) is 3. The summed E-state index contributed by atoms with van der Waals surface area (Å²) < 4.78 is 13.7. The van der Waals surface area contributed by atoms with Gasteiger partial charge in [-0.05, 0) is 74.5 Å². The Labute approximate surface area is 163 Å². The summed E-state index contributed by atoms with van der Waals surface area (Å²) in [5, 5.41) is 7.84. The van der Waals surface area contributed by atoms with Gasteiger partial charge in [0.05, 0.1) is 12.2 Å². The number of halogens is 1. The number of rotatable bonds is 5. The van der Waals surface area contributed by atoms with Crippen LogP contribution in [0.3, 0.4) is 0 Å². The monoisotopic (exact) mass is 387 g/mol. The van der Waals surface area contributed by atoms with Crippen LogP contribution in [0.25, 0.3) is 0 Å². The normalized spacial score (nSPS) is 30.0. The molecule has 0 aromatic heterocycles. The molecule has 0 radical (unpaired) electrons. The Bertz CT molecular complexity index is 788. The zero-order valence-corrected chi connectivity index (χ0v) is 16.0. The first-order valence-electron chi connectivity index (χ1n) is 9.98. The van der Waals surface area contributed by atoms with E-state index in [0.29, 0.717) is 23.4 Å². The van der Waals surface area contributed by atoms with Crippen LogP contribution in [-0.4, -0.2) is 24.3 Å². The fraction of sp³-hybridized carbons (Fsp3) is 0.571. The lowest BCUT2D eigenvalue weighted by molar-refractivity contribution is -0.146. The smallest absolute Gasteiger partial charge is 0.243 e. The highest BCUT2D eigenvalue weighted by Crippen LogP contribution is 2.60. The van der Waals surface area contributed by atoms with Crippen molar-refractivity contribution in [2.45, 2.75) is 45.4 Å². The van der Waals surface area contributed by atoms with E-state index in [1.807, 2.05) is 0 Å². The number of amides is 3. The number of carbonyl (C=O) groups excluding carboxylic acids is 3. The summed E-state index contributed by atoms with van der Waals surface area (Å²) in [5.41, 5.74) is 0.0748. The van der Waals surface area contributed by atoms with Gasteiger partial charge in [0.1, 0.15) is 5.82 Å². The molecule has 1 aromatic rings. The zero-order chi connectivity index (χ0) is 19.9. The molecule has 0 aliphatic heterocycles. The van der Waals surface area contributed by atoms with Crippen molar-refractivity contribution >= 4 is 29.1 Å². The Morgan fingerprint density at radius 3 is 2.21 bits per heavy atom. The van der Waals surface area contributed by atoms with Gasteiger partial charge in [-0.1, -0.05) is 0 Å². The van der Waals surface area contributed by atoms with E-state index in [4.69, 9.17) is 0 Å². The molecule has 4 fully saturated rings. The van der Waals surface area contributed by atoms with Crippen LogP contribution in [0.2, 0.25) is 0 Å². The van der Waals surface area contributed by atoms with Crippen molar-refractivity contribution in [3.63, 3.8) is 0 Å². The molecule has 0 atom stereocenters. The van der Waals surface area contributed by atoms with Gasteiger partial charge in [-0.15, -0.1) is 0 Å². The largest absolute Gasteiger partial charge is 0.347 e. The van der Waals surface area contributed by atoms with Gasteiger partial charge in [0, 0.05) is 18.0 Å². The third-order valence-corrected chi connectivity index (χ3v) is 6.49. The molecule has 0 unspecified atom stereocenters. The Hall–Kier alpha value is -2.44. The molecule has 3 N–H and O–H groups in total. The second-order valence-corrected chi connectivity index (χ2v) is 8.80. The fourth-order valence-corrected chi connectivity index (χ4v) is 5.83. The molecule has 4 saturated carbocycles. The lowest BCUT2D eigenvalue weighted by Gasteiger charge is -2.55. The topological polar surface area (TPSA) is 87.3 Å². The lowest BCUT2D eigenvalue weighted by atomic mass is 9.49. The lowest BCUT2D eigenvalue weighted by Crippen LogP contribution is -2.54. The second-order valence-electron chi connectivity index (χ2n) is 8.80. The molecule has 0 spiro atoms. The molecule has 28 heavy (non-hydrogen) atoms. The first-order chi connectivity index (χ1) is 13.3. The van der Waals surface area contributed by atoms with Crippen LogP contribution in [0.5, 0.6) is 0 Å². The van der Waals surface area contributed by atoms with E-state index in [-0.39, 0.29) is 29.5 Å². The van der Waals surface area contributed by atoms with Gasteiger partial charge in [0.2, 0.25) is 17.7 Å². The van der Waals surface area contributed by atoms with Crippen molar-refractivity contribution in [1.29, 1.82) is 0 Å². The van der Waals surface area contributed by atoms with Crippen LogP contribution >= 0.6 is 0 Å². The molecule has 3 amide bonds. The molecule has 4 bridgehead atoms. The van der Waals surface area contributed by atoms with Gasteiger partial charge in [-0.2, -0.15) is 0 Å². The molecule has 150 valence electrons. The minimum atomic E-state index is -0.580. The van der Waals surface area contributed by atoms with Crippen LogP contribution in [0.4, 0.5) is 15.8 Å². The average molecular weight is 387 g/mol. The van der Waals surface area contributed by atoms with Crippen molar-refractivity contribution in [3.05, 3.63) is 24.0 Å². The highest BCUT2D eigenvalue weighted by atomic mass is 19.1. The standard InChI is InChI=1S/C21H26FN3O3/c1-12(26)24-18-7-16(2-3-17(18)22)25-19(27)11-23-20(28)21-8-13-4-14(9-21)6-15(5-13)10-21/h2-3,7,13-15H,4-6,8-11H2,1H3,(H,23,28)(H,24,26)(H,25,27). The number of benzene rings is 1. The summed E-state index contributed by atoms with van der Waals surface area (Å²) in [6, 6.07) is 3.95. The summed E-state index contributed by atoms with van der Waals surface area (Å²) in [5.74, 6) is 0.638. The highest BCUT2D eigenvalue weighted by Gasteiger charge is 2.54. The average Bonchev–Trinajstić information content (AvgIpc) is 2.61. The second kappa shape index (κ2) is 7.18. The van der Waals surface area contributed by atoms with Crippen LogP contribution in [0, 0.1) is 29.0 Å². The van der Waals surface area contributed by atoms with Crippen molar-refractivity contribution in [2.24, 2.45) is 23.2 Å². The summed E-state index contributed by atoms with van der Waals surface area (Å²) in [4.78, 5) is 36.3. The summed E-state index contributed by atoms with van der Waals surface area (Å²) in [6.45, 7) is 1.16. The molecule has 5 rings (SSSR count). The van der Waals surface area contributed by atoms with Crippen molar-refractivity contribution in [1.82, 2.24) is 5.32 Å². The first kappa shape index (κ1) is 18.9. The molecule has 7 heteroatoms. The van der Waals surface area contributed by atoms with Gasteiger partial charge < -0.3 is 16.0 Å². The van der Waals surface area contributed by atoms with E-state index < -0.39 is 11.7 Å². The van der Waals surface area contributed by atoms with Crippen molar-refractivity contribution in [2.75, 3.05) is 17.2 Å². The molecule has 4 aliphatic rings. The van der Waals surface area contributed by atoms with Gasteiger partial charge in [0.25, 0.3) is 0 Å². The summed E-state index contributed by atoms with van der Waals surface area (Å²) >= 11 is 0. The number of anilines is 2. The van der Waals surface area contributed by atoms with Crippen molar-refractivity contribution in [3.8, 4) is 0 Å². The molecular formula is C21H26FN3O3. The van der Waals surface area contributed by atoms with Gasteiger partial charge in [0.15, 0.2) is 0 Å².